The van der Waals surface area contributed by atoms with Gasteiger partial charge in [0.05, 0.1) is 18.1 Å². The van der Waals surface area contributed by atoms with Crippen molar-refractivity contribution in [3.63, 3.8) is 0 Å². The smallest absolute Gasteiger partial charge is 0.227 e. The largest absolute Gasteiger partial charge is 0.486 e. The van der Waals surface area contributed by atoms with Crippen molar-refractivity contribution in [2.45, 2.75) is 26.3 Å². The molecule has 2 aromatic rings. The summed E-state index contributed by atoms with van der Waals surface area (Å²) in [7, 11) is 0. The van der Waals surface area contributed by atoms with E-state index in [-0.39, 0.29) is 12.3 Å². The third-order valence-corrected chi connectivity index (χ3v) is 5.09. The number of nitrogens with zero attached hydrogens (tertiary/aromatic N) is 2. The van der Waals surface area contributed by atoms with Crippen LogP contribution < -0.4 is 9.47 Å². The highest BCUT2D eigenvalue weighted by atomic mass is 79.9. The average molecular weight is 429 g/mol. The van der Waals surface area contributed by atoms with E-state index in [2.05, 4.69) is 28.9 Å². The van der Waals surface area contributed by atoms with E-state index in [1.807, 2.05) is 29.2 Å². The van der Waals surface area contributed by atoms with E-state index >= 15 is 0 Å². The van der Waals surface area contributed by atoms with Gasteiger partial charge >= 0.3 is 0 Å². The molecule has 1 heterocycles. The molecule has 0 unspecified atom stereocenters. The van der Waals surface area contributed by atoms with Gasteiger partial charge in [-0.25, -0.2) is 0 Å². The van der Waals surface area contributed by atoms with Crippen molar-refractivity contribution in [1.82, 2.24) is 4.90 Å². The molecule has 0 N–H and O–H groups in total. The second kappa shape index (κ2) is 8.92. The Morgan fingerprint density at radius 1 is 1.19 bits per heavy atom. The van der Waals surface area contributed by atoms with Crippen molar-refractivity contribution >= 4 is 21.8 Å². The summed E-state index contributed by atoms with van der Waals surface area (Å²) in [5.41, 5.74) is 2.51. The molecular weight excluding hydrogens is 408 g/mol. The van der Waals surface area contributed by atoms with E-state index in [9.17, 15) is 4.79 Å². The molecule has 1 amide bonds. The highest BCUT2D eigenvalue weighted by molar-refractivity contribution is 9.10. The fraction of sp³-hybridized carbons (Fsp3) is 0.333. The molecule has 0 saturated carbocycles. The summed E-state index contributed by atoms with van der Waals surface area (Å²) in [5, 5.41) is 8.92. The Balaban J connectivity index is 1.74. The lowest BCUT2D eigenvalue weighted by Gasteiger charge is -2.24. The lowest BCUT2D eigenvalue weighted by Crippen LogP contribution is -2.32. The van der Waals surface area contributed by atoms with Crippen molar-refractivity contribution in [2.75, 3.05) is 19.8 Å². The van der Waals surface area contributed by atoms with E-state index in [0.29, 0.717) is 43.4 Å². The molecule has 0 radical (unpaired) electrons. The van der Waals surface area contributed by atoms with Crippen LogP contribution >= 0.6 is 15.9 Å². The van der Waals surface area contributed by atoms with Gasteiger partial charge in [0, 0.05) is 17.6 Å². The van der Waals surface area contributed by atoms with E-state index in [1.54, 1.807) is 12.1 Å². The zero-order valence-corrected chi connectivity index (χ0v) is 16.8. The molecule has 3 rings (SSSR count). The van der Waals surface area contributed by atoms with Gasteiger partial charge in [-0.15, -0.1) is 0 Å². The Bertz CT molecular complexity index is 859. The molecule has 0 fully saturated rings. The molecule has 5 nitrogen and oxygen atoms in total. The normalized spacial score (nSPS) is 12.3. The highest BCUT2D eigenvalue weighted by Crippen LogP contribution is 2.35. The van der Waals surface area contributed by atoms with Crippen molar-refractivity contribution in [1.29, 1.82) is 5.26 Å². The molecule has 0 atom stereocenters. The van der Waals surface area contributed by atoms with Crippen molar-refractivity contribution in [3.05, 3.63) is 57.6 Å². The molecule has 0 aliphatic carbocycles. The predicted octanol–water partition coefficient (Wildman–Crippen LogP) is 4.07. The second-order valence-corrected chi connectivity index (χ2v) is 7.24. The number of hydrogen-bond acceptors (Lipinski definition) is 4. The number of halogens is 1. The van der Waals surface area contributed by atoms with Gasteiger partial charge in [0.25, 0.3) is 0 Å². The molecule has 2 aromatic carbocycles. The first-order valence-corrected chi connectivity index (χ1v) is 9.75. The number of carbonyl (C=O) groups is 1. The first-order chi connectivity index (χ1) is 13.1. The van der Waals surface area contributed by atoms with Crippen LogP contribution in [0.3, 0.4) is 0 Å². The first-order valence-electron chi connectivity index (χ1n) is 8.95. The summed E-state index contributed by atoms with van der Waals surface area (Å²) in [4.78, 5) is 14.8. The maximum atomic E-state index is 12.9. The molecule has 27 heavy (non-hydrogen) atoms. The van der Waals surface area contributed by atoms with Gasteiger partial charge in [-0.2, -0.15) is 5.26 Å². The number of nitriles is 1. The van der Waals surface area contributed by atoms with Crippen LogP contribution in [0.25, 0.3) is 0 Å². The van der Waals surface area contributed by atoms with Gasteiger partial charge in [0.2, 0.25) is 5.91 Å². The SMILES string of the molecule is CCCN(Cc1ccc(C#N)cc1)C(=O)Cc1cc2c(cc1Br)OCCO2. The molecule has 1 aliphatic rings. The van der Waals surface area contributed by atoms with Crippen LogP contribution in [0.1, 0.15) is 30.0 Å². The monoisotopic (exact) mass is 428 g/mol. The van der Waals surface area contributed by atoms with E-state index in [4.69, 9.17) is 14.7 Å². The third kappa shape index (κ3) is 4.81. The second-order valence-electron chi connectivity index (χ2n) is 6.39. The Labute approximate surface area is 167 Å². The summed E-state index contributed by atoms with van der Waals surface area (Å²) in [6.45, 7) is 4.32. The van der Waals surface area contributed by atoms with Crippen LogP contribution in [0, 0.1) is 11.3 Å². The molecule has 6 heteroatoms. The number of ether oxygens (including phenoxy) is 2. The minimum absolute atomic E-state index is 0.0542. The topological polar surface area (TPSA) is 62.6 Å². The zero-order chi connectivity index (χ0) is 19.2. The lowest BCUT2D eigenvalue weighted by molar-refractivity contribution is -0.131. The van der Waals surface area contributed by atoms with Crippen molar-refractivity contribution in [3.8, 4) is 17.6 Å². The van der Waals surface area contributed by atoms with Gasteiger partial charge in [-0.05, 0) is 41.8 Å². The Hall–Kier alpha value is -2.52. The number of fused-ring (bicyclic) bond motifs is 1. The standard InChI is InChI=1S/C21H21BrN2O3/c1-2-7-24(14-16-5-3-15(13-23)4-6-16)21(25)11-17-10-19-20(12-18(17)22)27-9-8-26-19/h3-6,10,12H,2,7-9,11,14H2,1H3. The number of carbonyl (C=O) groups excluding carboxylic acids is 1. The lowest BCUT2D eigenvalue weighted by atomic mass is 10.1. The first kappa shape index (κ1) is 19.2. The summed E-state index contributed by atoms with van der Waals surface area (Å²) in [5.74, 6) is 1.44. The molecule has 1 aliphatic heterocycles. The van der Waals surface area contributed by atoms with E-state index < -0.39 is 0 Å². The van der Waals surface area contributed by atoms with E-state index in [0.717, 1.165) is 22.0 Å². The van der Waals surface area contributed by atoms with Crippen LogP contribution in [0.2, 0.25) is 0 Å². The van der Waals surface area contributed by atoms with E-state index in [1.165, 1.54) is 0 Å². The number of amides is 1. The van der Waals surface area contributed by atoms with Crippen LogP contribution in [-0.4, -0.2) is 30.6 Å². The fourth-order valence-electron chi connectivity index (χ4n) is 2.98. The third-order valence-electron chi connectivity index (χ3n) is 4.36. The Morgan fingerprint density at radius 2 is 1.85 bits per heavy atom. The zero-order valence-electron chi connectivity index (χ0n) is 15.2. The number of benzene rings is 2. The van der Waals surface area contributed by atoms with Crippen LogP contribution in [0.5, 0.6) is 11.5 Å². The summed E-state index contributed by atoms with van der Waals surface area (Å²) >= 11 is 3.54. The van der Waals surface area contributed by atoms with Crippen LogP contribution in [-0.2, 0) is 17.8 Å². The molecule has 140 valence electrons. The Morgan fingerprint density at radius 3 is 2.48 bits per heavy atom. The molecule has 0 aromatic heterocycles. The minimum atomic E-state index is 0.0542. The predicted molar refractivity (Wildman–Crippen MR) is 106 cm³/mol. The van der Waals surface area contributed by atoms with Gasteiger partial charge in [0.15, 0.2) is 11.5 Å². The summed E-state index contributed by atoms with van der Waals surface area (Å²) < 4.78 is 12.0. The van der Waals surface area contributed by atoms with Crippen LogP contribution in [0.4, 0.5) is 0 Å². The molecule has 0 saturated heterocycles. The van der Waals surface area contributed by atoms with Crippen molar-refractivity contribution < 1.29 is 14.3 Å². The molecular formula is C21H21BrN2O3. The minimum Gasteiger partial charge on any atom is -0.486 e. The van der Waals surface area contributed by atoms with Crippen molar-refractivity contribution in [2.24, 2.45) is 0 Å². The maximum absolute atomic E-state index is 12.9. The maximum Gasteiger partial charge on any atom is 0.227 e. The van der Waals surface area contributed by atoms with Crippen LogP contribution in [0.15, 0.2) is 40.9 Å². The van der Waals surface area contributed by atoms with Gasteiger partial charge < -0.3 is 14.4 Å². The Kier molecular flexibility index (Phi) is 6.36. The average Bonchev–Trinajstić information content (AvgIpc) is 2.68. The van der Waals surface area contributed by atoms with Gasteiger partial charge in [0.1, 0.15) is 13.2 Å². The number of hydrogen-bond donors (Lipinski definition) is 0. The summed E-state index contributed by atoms with van der Waals surface area (Å²) in [6, 6.07) is 13.2. The quantitative estimate of drug-likeness (QED) is 0.695. The summed E-state index contributed by atoms with van der Waals surface area (Å²) in [6.07, 6.45) is 1.16. The molecule has 0 spiro atoms. The number of rotatable bonds is 6. The van der Waals surface area contributed by atoms with Gasteiger partial charge in [-0.3, -0.25) is 4.79 Å². The fourth-order valence-corrected chi connectivity index (χ4v) is 3.45. The highest BCUT2D eigenvalue weighted by Gasteiger charge is 2.19. The molecule has 0 bridgehead atoms. The van der Waals surface area contributed by atoms with Gasteiger partial charge in [-0.1, -0.05) is 35.0 Å².